The van der Waals surface area contributed by atoms with E-state index in [4.69, 9.17) is 5.10 Å². The van der Waals surface area contributed by atoms with E-state index in [1.807, 2.05) is 41.9 Å². The van der Waals surface area contributed by atoms with Crippen molar-refractivity contribution in [3.05, 3.63) is 71.7 Å². The van der Waals surface area contributed by atoms with Crippen LogP contribution in [0.3, 0.4) is 0 Å². The Balaban J connectivity index is 1.74. The van der Waals surface area contributed by atoms with Crippen molar-refractivity contribution < 1.29 is 4.79 Å². The zero-order chi connectivity index (χ0) is 16.5. The fraction of sp³-hybridized carbons (Fsp3) is 0.211. The lowest BCUT2D eigenvalue weighted by Gasteiger charge is -2.10. The summed E-state index contributed by atoms with van der Waals surface area (Å²) < 4.78 is 1.83. The molecule has 4 rings (SSSR count). The smallest absolute Gasteiger partial charge is 0.258 e. The molecule has 0 saturated heterocycles. The highest BCUT2D eigenvalue weighted by atomic mass is 16.1. The Morgan fingerprint density at radius 1 is 1.17 bits per heavy atom. The number of hydrogen-bond acceptors (Lipinski definition) is 3. The van der Waals surface area contributed by atoms with E-state index >= 15 is 0 Å². The van der Waals surface area contributed by atoms with E-state index in [0.29, 0.717) is 11.5 Å². The van der Waals surface area contributed by atoms with Gasteiger partial charge in [-0.25, -0.2) is 4.68 Å². The van der Waals surface area contributed by atoms with Crippen molar-refractivity contribution in [2.24, 2.45) is 0 Å². The maximum absolute atomic E-state index is 12.6. The summed E-state index contributed by atoms with van der Waals surface area (Å²) in [6.45, 7) is 2.03. The molecule has 0 aliphatic heterocycles. The highest BCUT2D eigenvalue weighted by Gasteiger charge is 2.31. The molecule has 0 unspecified atom stereocenters. The molecule has 0 bridgehead atoms. The summed E-state index contributed by atoms with van der Waals surface area (Å²) in [5, 5.41) is 7.79. The Morgan fingerprint density at radius 2 is 1.96 bits per heavy atom. The van der Waals surface area contributed by atoms with E-state index in [9.17, 15) is 4.79 Å². The largest absolute Gasteiger partial charge is 0.306 e. The zero-order valence-electron chi connectivity index (χ0n) is 13.4. The number of rotatable bonds is 4. The van der Waals surface area contributed by atoms with E-state index in [1.54, 1.807) is 24.5 Å². The maximum atomic E-state index is 12.6. The molecule has 0 atom stereocenters. The van der Waals surface area contributed by atoms with E-state index in [1.165, 1.54) is 12.8 Å². The first-order valence-corrected chi connectivity index (χ1v) is 8.10. The number of nitrogens with zero attached hydrogens (tertiary/aromatic N) is 3. The topological polar surface area (TPSA) is 59.8 Å². The fourth-order valence-electron chi connectivity index (χ4n) is 2.84. The second-order valence-corrected chi connectivity index (χ2v) is 6.08. The third-order valence-corrected chi connectivity index (χ3v) is 4.28. The predicted octanol–water partition coefficient (Wildman–Crippen LogP) is 3.71. The molecule has 1 aliphatic carbocycles. The summed E-state index contributed by atoms with van der Waals surface area (Å²) in [5.41, 5.74) is 3.60. The fourth-order valence-corrected chi connectivity index (χ4v) is 2.84. The standard InChI is InChI=1S/C19H18N4O/c1-13-17(14-9-10-14)22-23(16-7-3-2-4-8-16)18(13)21-19(24)15-6-5-11-20-12-15/h2-8,11-12,14H,9-10H2,1H3,(H,21,24). The number of para-hydroxylation sites is 1. The van der Waals surface area contributed by atoms with Gasteiger partial charge in [-0.05, 0) is 44.0 Å². The average molecular weight is 318 g/mol. The van der Waals surface area contributed by atoms with Gasteiger partial charge in [0.05, 0.1) is 16.9 Å². The van der Waals surface area contributed by atoms with Gasteiger partial charge in [0, 0.05) is 23.9 Å². The van der Waals surface area contributed by atoms with Gasteiger partial charge in [0.25, 0.3) is 5.91 Å². The first kappa shape index (κ1) is 14.6. The van der Waals surface area contributed by atoms with Crippen LogP contribution in [0.5, 0.6) is 0 Å². The molecule has 1 fully saturated rings. The van der Waals surface area contributed by atoms with E-state index in [0.717, 1.165) is 22.8 Å². The van der Waals surface area contributed by atoms with Gasteiger partial charge < -0.3 is 5.32 Å². The van der Waals surface area contributed by atoms with Gasteiger partial charge in [0.2, 0.25) is 0 Å². The number of carbonyl (C=O) groups is 1. The van der Waals surface area contributed by atoms with Crippen molar-refractivity contribution in [1.82, 2.24) is 14.8 Å². The Hall–Kier alpha value is -2.95. The summed E-state index contributed by atoms with van der Waals surface area (Å²) in [7, 11) is 0. The van der Waals surface area contributed by atoms with Crippen molar-refractivity contribution in [3.8, 4) is 5.69 Å². The quantitative estimate of drug-likeness (QED) is 0.798. The van der Waals surface area contributed by atoms with Crippen LogP contribution in [0, 0.1) is 6.92 Å². The summed E-state index contributed by atoms with van der Waals surface area (Å²) in [5.74, 6) is 1.08. The number of pyridine rings is 1. The Kier molecular flexibility index (Phi) is 3.61. The lowest BCUT2D eigenvalue weighted by Crippen LogP contribution is -2.16. The zero-order valence-corrected chi connectivity index (χ0v) is 13.4. The number of carbonyl (C=O) groups excluding carboxylic acids is 1. The second-order valence-electron chi connectivity index (χ2n) is 6.08. The first-order valence-electron chi connectivity index (χ1n) is 8.10. The van der Waals surface area contributed by atoms with Crippen LogP contribution in [0.4, 0.5) is 5.82 Å². The van der Waals surface area contributed by atoms with Gasteiger partial charge in [-0.3, -0.25) is 9.78 Å². The van der Waals surface area contributed by atoms with Crippen LogP contribution in [0.25, 0.3) is 5.69 Å². The molecule has 2 heterocycles. The monoisotopic (exact) mass is 318 g/mol. The molecular weight excluding hydrogens is 300 g/mol. The SMILES string of the molecule is Cc1c(C2CC2)nn(-c2ccccc2)c1NC(=O)c1cccnc1. The van der Waals surface area contributed by atoms with Crippen LogP contribution in [-0.2, 0) is 0 Å². The lowest BCUT2D eigenvalue weighted by molar-refractivity contribution is 0.102. The third kappa shape index (κ3) is 2.69. The molecule has 1 aliphatic rings. The van der Waals surface area contributed by atoms with E-state index in [-0.39, 0.29) is 5.91 Å². The number of amides is 1. The highest BCUT2D eigenvalue weighted by Crippen LogP contribution is 2.42. The summed E-state index contributed by atoms with van der Waals surface area (Å²) in [6.07, 6.45) is 5.56. The molecule has 24 heavy (non-hydrogen) atoms. The molecule has 120 valence electrons. The predicted molar refractivity (Wildman–Crippen MR) is 92.5 cm³/mol. The normalized spacial score (nSPS) is 13.7. The van der Waals surface area contributed by atoms with Gasteiger partial charge in [-0.1, -0.05) is 18.2 Å². The Bertz CT molecular complexity index is 867. The number of hydrogen-bond donors (Lipinski definition) is 1. The van der Waals surface area contributed by atoms with Crippen molar-refractivity contribution in [2.75, 3.05) is 5.32 Å². The number of aromatic nitrogens is 3. The molecule has 1 amide bonds. The van der Waals surface area contributed by atoms with Crippen LogP contribution in [-0.4, -0.2) is 20.7 Å². The van der Waals surface area contributed by atoms with Crippen LogP contribution >= 0.6 is 0 Å². The molecule has 5 nitrogen and oxygen atoms in total. The van der Waals surface area contributed by atoms with Crippen molar-refractivity contribution >= 4 is 11.7 Å². The second kappa shape index (κ2) is 5.92. The maximum Gasteiger partial charge on any atom is 0.258 e. The van der Waals surface area contributed by atoms with Crippen LogP contribution < -0.4 is 5.32 Å². The number of anilines is 1. The summed E-state index contributed by atoms with van der Waals surface area (Å²) in [4.78, 5) is 16.6. The van der Waals surface area contributed by atoms with Gasteiger partial charge in [0.1, 0.15) is 5.82 Å². The highest BCUT2D eigenvalue weighted by molar-refractivity contribution is 6.04. The van der Waals surface area contributed by atoms with Gasteiger partial charge >= 0.3 is 0 Å². The first-order chi connectivity index (χ1) is 11.7. The lowest BCUT2D eigenvalue weighted by atomic mass is 10.2. The van der Waals surface area contributed by atoms with Crippen molar-refractivity contribution in [3.63, 3.8) is 0 Å². The summed E-state index contributed by atoms with van der Waals surface area (Å²) >= 11 is 0. The molecule has 1 N–H and O–H groups in total. The summed E-state index contributed by atoms with van der Waals surface area (Å²) in [6, 6.07) is 13.4. The van der Waals surface area contributed by atoms with E-state index < -0.39 is 0 Å². The molecule has 0 spiro atoms. The molecule has 3 aromatic rings. The molecule has 5 heteroatoms. The average Bonchev–Trinajstić information content (AvgIpc) is 3.42. The number of nitrogens with one attached hydrogen (secondary N) is 1. The third-order valence-electron chi connectivity index (χ3n) is 4.28. The molecule has 1 saturated carbocycles. The van der Waals surface area contributed by atoms with Gasteiger partial charge in [0.15, 0.2) is 0 Å². The Morgan fingerprint density at radius 3 is 2.62 bits per heavy atom. The molecule has 2 aromatic heterocycles. The van der Waals surface area contributed by atoms with Crippen LogP contribution in [0.1, 0.15) is 40.4 Å². The van der Waals surface area contributed by atoms with Crippen molar-refractivity contribution in [2.45, 2.75) is 25.7 Å². The minimum Gasteiger partial charge on any atom is -0.306 e. The molecule has 0 radical (unpaired) electrons. The van der Waals surface area contributed by atoms with Gasteiger partial charge in [-0.2, -0.15) is 5.10 Å². The minimum absolute atomic E-state index is 0.175. The number of benzene rings is 1. The van der Waals surface area contributed by atoms with Crippen molar-refractivity contribution in [1.29, 1.82) is 0 Å². The van der Waals surface area contributed by atoms with Crippen LogP contribution in [0.2, 0.25) is 0 Å². The van der Waals surface area contributed by atoms with E-state index in [2.05, 4.69) is 10.3 Å². The minimum atomic E-state index is -0.175. The Labute approximate surface area is 140 Å². The van der Waals surface area contributed by atoms with Crippen LogP contribution in [0.15, 0.2) is 54.9 Å². The molecular formula is C19H18N4O. The van der Waals surface area contributed by atoms with Gasteiger partial charge in [-0.15, -0.1) is 0 Å². The molecule has 1 aromatic carbocycles.